The molecular weight excluding hydrogens is 412 g/mol. The monoisotopic (exact) mass is 440 g/mol. The van der Waals surface area contributed by atoms with E-state index in [0.717, 1.165) is 36.9 Å². The number of hydrogen-bond acceptors (Lipinski definition) is 5. The lowest BCUT2D eigenvalue weighted by molar-refractivity contribution is -0.126. The first-order valence-electron chi connectivity index (χ1n) is 10.7. The van der Waals surface area contributed by atoms with Gasteiger partial charge < -0.3 is 15.2 Å². The summed E-state index contributed by atoms with van der Waals surface area (Å²) in [7, 11) is 4.00. The molecule has 1 aliphatic rings. The number of nitrogens with one attached hydrogen (secondary N) is 2. The molecule has 0 bridgehead atoms. The summed E-state index contributed by atoms with van der Waals surface area (Å²) < 4.78 is 1.91. The Kier molecular flexibility index (Phi) is 6.27. The maximum Gasteiger partial charge on any atom is 0.328 e. The molecule has 7 nitrogen and oxygen atoms in total. The van der Waals surface area contributed by atoms with E-state index in [1.165, 1.54) is 15.9 Å². The number of hydrogen-bond donors (Lipinski definition) is 2. The maximum absolute atomic E-state index is 12.6. The van der Waals surface area contributed by atoms with Gasteiger partial charge in [-0.25, -0.2) is 4.79 Å². The van der Waals surface area contributed by atoms with Crippen LogP contribution in [0.5, 0.6) is 0 Å². The molecule has 3 aromatic rings. The molecule has 4 rings (SSSR count). The van der Waals surface area contributed by atoms with Crippen LogP contribution in [0.15, 0.2) is 45.3 Å². The average molecular weight is 441 g/mol. The number of benzene rings is 1. The van der Waals surface area contributed by atoms with E-state index in [0.29, 0.717) is 23.3 Å². The fraction of sp³-hybridized carbons (Fsp3) is 0.435. The average Bonchev–Trinajstić information content (AvgIpc) is 3.24. The number of H-pyrrole nitrogens is 1. The van der Waals surface area contributed by atoms with Crippen LogP contribution in [-0.4, -0.2) is 29.6 Å². The van der Waals surface area contributed by atoms with Crippen molar-refractivity contribution in [3.63, 3.8) is 0 Å². The summed E-state index contributed by atoms with van der Waals surface area (Å²) in [5.41, 5.74) is 2.25. The Morgan fingerprint density at radius 1 is 1.13 bits per heavy atom. The van der Waals surface area contributed by atoms with Crippen LogP contribution in [0.4, 0.5) is 5.69 Å². The standard InChI is InChI=1S/C23H28N4O3S/c1-26(2)18-9-5-15(6-10-18)13-24-21(28)17-7-3-16(4-8-17)14-27-22(29)20-19(11-12-31-20)25-23(27)30/h5-6,9-12,16-17H,3-4,7-8,13-14H2,1-2H3,(H,24,28)(H,25,30). The zero-order chi connectivity index (χ0) is 22.0. The first kappa shape index (κ1) is 21.4. The van der Waals surface area contributed by atoms with Gasteiger partial charge in [-0.1, -0.05) is 12.1 Å². The lowest BCUT2D eigenvalue weighted by Gasteiger charge is -2.28. The van der Waals surface area contributed by atoms with Gasteiger partial charge in [0, 0.05) is 38.8 Å². The minimum atomic E-state index is -0.351. The van der Waals surface area contributed by atoms with Crippen LogP contribution in [0, 0.1) is 11.8 Å². The smallest absolute Gasteiger partial charge is 0.328 e. The SMILES string of the molecule is CN(C)c1ccc(CNC(=O)C2CCC(Cn3c(=O)[nH]c4ccsc4c3=O)CC2)cc1. The summed E-state index contributed by atoms with van der Waals surface area (Å²) >= 11 is 1.35. The molecule has 2 N–H and O–H groups in total. The molecule has 0 aliphatic heterocycles. The van der Waals surface area contributed by atoms with Crippen molar-refractivity contribution >= 4 is 33.1 Å². The molecule has 1 fully saturated rings. The van der Waals surface area contributed by atoms with Gasteiger partial charge in [-0.05, 0) is 60.7 Å². The van der Waals surface area contributed by atoms with E-state index in [1.54, 1.807) is 6.07 Å². The number of rotatable bonds is 6. The van der Waals surface area contributed by atoms with Gasteiger partial charge in [-0.3, -0.25) is 14.2 Å². The van der Waals surface area contributed by atoms with Crippen LogP contribution in [0.2, 0.25) is 0 Å². The summed E-state index contributed by atoms with van der Waals surface area (Å²) in [6, 6.07) is 9.92. The van der Waals surface area contributed by atoms with Crippen molar-refractivity contribution in [3.8, 4) is 0 Å². The predicted octanol–water partition coefficient (Wildman–Crippen LogP) is 2.94. The molecule has 164 valence electrons. The van der Waals surface area contributed by atoms with Crippen LogP contribution < -0.4 is 21.5 Å². The van der Waals surface area contributed by atoms with E-state index in [-0.39, 0.29) is 29.0 Å². The van der Waals surface area contributed by atoms with Crippen molar-refractivity contribution in [3.05, 3.63) is 62.1 Å². The summed E-state index contributed by atoms with van der Waals surface area (Å²) in [6.07, 6.45) is 3.24. The van der Waals surface area contributed by atoms with E-state index in [2.05, 4.69) is 10.3 Å². The van der Waals surface area contributed by atoms with Gasteiger partial charge in [0.25, 0.3) is 5.56 Å². The molecule has 2 aromatic heterocycles. The quantitative estimate of drug-likeness (QED) is 0.617. The van der Waals surface area contributed by atoms with E-state index < -0.39 is 0 Å². The summed E-state index contributed by atoms with van der Waals surface area (Å²) in [4.78, 5) is 42.4. The maximum atomic E-state index is 12.6. The molecule has 0 spiro atoms. The summed E-state index contributed by atoms with van der Waals surface area (Å²) in [6.45, 7) is 0.937. The van der Waals surface area contributed by atoms with Gasteiger partial charge in [0.05, 0.1) is 5.52 Å². The van der Waals surface area contributed by atoms with E-state index in [9.17, 15) is 14.4 Å². The highest BCUT2D eigenvalue weighted by atomic mass is 32.1. The van der Waals surface area contributed by atoms with Crippen LogP contribution in [0.1, 0.15) is 31.2 Å². The molecule has 8 heteroatoms. The molecule has 2 heterocycles. The van der Waals surface area contributed by atoms with Crippen molar-refractivity contribution in [1.82, 2.24) is 14.9 Å². The number of fused-ring (bicyclic) bond motifs is 1. The first-order chi connectivity index (χ1) is 14.9. The molecule has 0 atom stereocenters. The Morgan fingerprint density at radius 3 is 2.52 bits per heavy atom. The van der Waals surface area contributed by atoms with Gasteiger partial charge >= 0.3 is 5.69 Å². The first-order valence-corrected chi connectivity index (χ1v) is 11.5. The van der Waals surface area contributed by atoms with Gasteiger partial charge in [0.1, 0.15) is 4.70 Å². The highest BCUT2D eigenvalue weighted by molar-refractivity contribution is 7.17. The molecule has 1 amide bonds. The number of aromatic nitrogens is 2. The topological polar surface area (TPSA) is 87.2 Å². The molecular formula is C23H28N4O3S. The van der Waals surface area contributed by atoms with Crippen LogP contribution in [-0.2, 0) is 17.9 Å². The van der Waals surface area contributed by atoms with Crippen molar-refractivity contribution in [2.45, 2.75) is 38.8 Å². The molecule has 0 saturated heterocycles. The minimum absolute atomic E-state index is 0.00733. The lowest BCUT2D eigenvalue weighted by atomic mass is 9.81. The second-order valence-corrected chi connectivity index (χ2v) is 9.42. The zero-order valence-electron chi connectivity index (χ0n) is 17.9. The Morgan fingerprint density at radius 2 is 1.84 bits per heavy atom. The fourth-order valence-electron chi connectivity index (χ4n) is 4.25. The summed E-state index contributed by atoms with van der Waals surface area (Å²) in [5, 5.41) is 4.87. The Hall–Kier alpha value is -2.87. The third kappa shape index (κ3) is 4.74. The van der Waals surface area contributed by atoms with E-state index in [4.69, 9.17) is 0 Å². The van der Waals surface area contributed by atoms with Crippen LogP contribution >= 0.6 is 11.3 Å². The summed E-state index contributed by atoms with van der Waals surface area (Å²) in [5.74, 6) is 0.316. The van der Waals surface area contributed by atoms with Gasteiger partial charge in [0.15, 0.2) is 0 Å². The van der Waals surface area contributed by atoms with E-state index >= 15 is 0 Å². The third-order valence-electron chi connectivity index (χ3n) is 6.17. The van der Waals surface area contributed by atoms with Crippen molar-refractivity contribution in [2.75, 3.05) is 19.0 Å². The Balaban J connectivity index is 1.30. The number of nitrogens with zero attached hydrogens (tertiary/aromatic N) is 2. The molecule has 31 heavy (non-hydrogen) atoms. The second kappa shape index (κ2) is 9.09. The molecule has 1 aromatic carbocycles. The third-order valence-corrected chi connectivity index (χ3v) is 7.07. The number of anilines is 1. The number of amides is 1. The number of aromatic amines is 1. The largest absolute Gasteiger partial charge is 0.378 e. The Labute approximate surface area is 184 Å². The van der Waals surface area contributed by atoms with Crippen molar-refractivity contribution < 1.29 is 4.79 Å². The van der Waals surface area contributed by atoms with Gasteiger partial charge in [-0.2, -0.15) is 0 Å². The van der Waals surface area contributed by atoms with Crippen molar-refractivity contribution in [1.29, 1.82) is 0 Å². The van der Waals surface area contributed by atoms with E-state index in [1.807, 2.05) is 48.6 Å². The molecule has 1 aliphatic carbocycles. The zero-order valence-corrected chi connectivity index (χ0v) is 18.7. The van der Waals surface area contributed by atoms with Gasteiger partial charge in [0.2, 0.25) is 5.91 Å². The molecule has 0 unspecified atom stereocenters. The number of carbonyl (C=O) groups is 1. The molecule has 1 saturated carbocycles. The Bertz CT molecular complexity index is 1170. The highest BCUT2D eigenvalue weighted by Gasteiger charge is 2.27. The second-order valence-electron chi connectivity index (χ2n) is 8.51. The predicted molar refractivity (Wildman–Crippen MR) is 125 cm³/mol. The number of thiophene rings is 1. The number of carbonyl (C=O) groups excluding carboxylic acids is 1. The van der Waals surface area contributed by atoms with Crippen molar-refractivity contribution in [2.24, 2.45) is 11.8 Å². The highest BCUT2D eigenvalue weighted by Crippen LogP contribution is 2.30. The van der Waals surface area contributed by atoms with Gasteiger partial charge in [-0.15, -0.1) is 11.3 Å². The van der Waals surface area contributed by atoms with Crippen LogP contribution in [0.3, 0.4) is 0 Å². The normalized spacial score (nSPS) is 18.8. The minimum Gasteiger partial charge on any atom is -0.378 e. The molecule has 0 radical (unpaired) electrons. The fourth-order valence-corrected chi connectivity index (χ4v) is 5.04. The lowest BCUT2D eigenvalue weighted by Crippen LogP contribution is -2.38. The van der Waals surface area contributed by atoms with Crippen LogP contribution in [0.25, 0.3) is 10.2 Å².